The van der Waals surface area contributed by atoms with Gasteiger partial charge in [-0.15, -0.1) is 0 Å². The number of benzene rings is 1. The Morgan fingerprint density at radius 3 is 2.55 bits per heavy atom. The summed E-state index contributed by atoms with van der Waals surface area (Å²) >= 11 is 0. The molecule has 0 saturated heterocycles. The molecule has 3 aromatic rings. The fraction of sp³-hybridized carbons (Fsp3) is 0.375. The summed E-state index contributed by atoms with van der Waals surface area (Å²) < 4.78 is 13.8. The summed E-state index contributed by atoms with van der Waals surface area (Å²) in [7, 11) is 0. The third-order valence-electron chi connectivity index (χ3n) is 6.86. The van der Waals surface area contributed by atoms with Crippen LogP contribution in [0.15, 0.2) is 55.0 Å². The number of nitrogens with one attached hydrogen (secondary N) is 1. The van der Waals surface area contributed by atoms with E-state index in [0.29, 0.717) is 16.9 Å². The van der Waals surface area contributed by atoms with Crippen LogP contribution in [0.5, 0.6) is 0 Å². The minimum atomic E-state index is -0.203. The van der Waals surface area contributed by atoms with Crippen molar-refractivity contribution in [2.75, 3.05) is 0 Å². The molecule has 0 bridgehead atoms. The summed E-state index contributed by atoms with van der Waals surface area (Å²) in [4.78, 5) is 20.7. The van der Waals surface area contributed by atoms with Crippen molar-refractivity contribution in [2.45, 2.75) is 50.5 Å². The Balaban J connectivity index is 1.21. The largest absolute Gasteiger partial charge is 0.349 e. The fourth-order valence-electron chi connectivity index (χ4n) is 5.30. The van der Waals surface area contributed by atoms with Crippen molar-refractivity contribution in [1.82, 2.24) is 15.3 Å². The predicted octanol–water partition coefficient (Wildman–Crippen LogP) is 5.01. The van der Waals surface area contributed by atoms with E-state index < -0.39 is 0 Å². The number of carbonyl (C=O) groups is 1. The van der Waals surface area contributed by atoms with Gasteiger partial charge in [0.25, 0.3) is 5.91 Å². The molecule has 1 amide bonds. The molecule has 5 rings (SSSR count). The third-order valence-corrected chi connectivity index (χ3v) is 6.86. The first-order valence-electron chi connectivity index (χ1n) is 10.4. The first kappa shape index (κ1) is 18.2. The second-order valence-corrected chi connectivity index (χ2v) is 8.65. The highest BCUT2D eigenvalue weighted by molar-refractivity contribution is 5.94. The second-order valence-electron chi connectivity index (χ2n) is 8.65. The van der Waals surface area contributed by atoms with Crippen LogP contribution in [0.25, 0.3) is 10.9 Å². The van der Waals surface area contributed by atoms with Gasteiger partial charge in [0.1, 0.15) is 5.82 Å². The standard InChI is InChI=1S/C24H24FN3O/c25-18-1-2-22-21(13-18)20(7-12-27-22)16-3-8-24(9-4-16)14-19(15-24)28-23(29)17-5-10-26-11-6-17/h1-2,5-7,10-13,16,19H,3-4,8-9,14-15H2,(H,28,29). The Bertz CT molecular complexity index is 1040. The molecule has 0 aliphatic heterocycles. The molecule has 29 heavy (non-hydrogen) atoms. The molecule has 1 aromatic carbocycles. The number of halogens is 1. The van der Waals surface area contributed by atoms with Crippen molar-refractivity contribution < 1.29 is 9.18 Å². The van der Waals surface area contributed by atoms with Crippen LogP contribution in [-0.2, 0) is 0 Å². The third kappa shape index (κ3) is 3.50. The molecule has 148 valence electrons. The van der Waals surface area contributed by atoms with Gasteiger partial charge < -0.3 is 5.32 Å². The van der Waals surface area contributed by atoms with Crippen molar-refractivity contribution in [2.24, 2.45) is 5.41 Å². The van der Waals surface area contributed by atoms with E-state index in [1.54, 1.807) is 36.7 Å². The zero-order valence-electron chi connectivity index (χ0n) is 16.3. The average molecular weight is 389 g/mol. The number of carbonyl (C=O) groups excluding carboxylic acids is 1. The molecular weight excluding hydrogens is 365 g/mol. The lowest BCUT2D eigenvalue weighted by Crippen LogP contribution is -2.51. The normalized spacial score (nSPS) is 26.2. The minimum Gasteiger partial charge on any atom is -0.349 e. The van der Waals surface area contributed by atoms with E-state index in [2.05, 4.69) is 21.4 Å². The summed E-state index contributed by atoms with van der Waals surface area (Å²) in [5.74, 6) is 0.246. The zero-order chi connectivity index (χ0) is 19.8. The monoisotopic (exact) mass is 389 g/mol. The van der Waals surface area contributed by atoms with Gasteiger partial charge in [-0.3, -0.25) is 14.8 Å². The summed E-state index contributed by atoms with van der Waals surface area (Å²) in [6.07, 6.45) is 11.8. The van der Waals surface area contributed by atoms with Crippen LogP contribution in [0.1, 0.15) is 60.4 Å². The lowest BCUT2D eigenvalue weighted by Gasteiger charge is -2.52. The minimum absolute atomic E-state index is 0.00813. The fourth-order valence-corrected chi connectivity index (χ4v) is 5.30. The van der Waals surface area contributed by atoms with Crippen LogP contribution in [0.2, 0.25) is 0 Å². The SMILES string of the molecule is O=C(NC1CC2(CCC(c3ccnc4ccc(F)cc34)CC2)C1)c1ccncc1. The van der Waals surface area contributed by atoms with E-state index in [4.69, 9.17) is 0 Å². The topological polar surface area (TPSA) is 54.9 Å². The molecular formula is C24H24FN3O. The van der Waals surface area contributed by atoms with Crippen molar-refractivity contribution in [3.05, 3.63) is 71.9 Å². The first-order chi connectivity index (χ1) is 14.1. The molecule has 2 saturated carbocycles. The van der Waals surface area contributed by atoms with E-state index in [9.17, 15) is 9.18 Å². The van der Waals surface area contributed by atoms with Gasteiger partial charge in [0.05, 0.1) is 5.52 Å². The van der Waals surface area contributed by atoms with Crippen molar-refractivity contribution in [1.29, 1.82) is 0 Å². The number of fused-ring (bicyclic) bond motifs is 1. The van der Waals surface area contributed by atoms with Gasteiger partial charge in [-0.05, 0) is 91.8 Å². The Kier molecular flexibility index (Phi) is 4.53. The summed E-state index contributed by atoms with van der Waals surface area (Å²) in [6, 6.07) is 10.7. The predicted molar refractivity (Wildman–Crippen MR) is 110 cm³/mol. The highest BCUT2D eigenvalue weighted by atomic mass is 19.1. The van der Waals surface area contributed by atoms with Gasteiger partial charge in [-0.25, -0.2) is 4.39 Å². The number of nitrogens with zero attached hydrogens (tertiary/aromatic N) is 2. The van der Waals surface area contributed by atoms with Crippen molar-refractivity contribution in [3.63, 3.8) is 0 Å². The number of pyridine rings is 2. The molecule has 1 N–H and O–H groups in total. The summed E-state index contributed by atoms with van der Waals surface area (Å²) in [6.45, 7) is 0. The van der Waals surface area contributed by atoms with Gasteiger partial charge in [-0.2, -0.15) is 0 Å². The van der Waals surface area contributed by atoms with Crippen LogP contribution >= 0.6 is 0 Å². The number of aromatic nitrogens is 2. The molecule has 2 aromatic heterocycles. The molecule has 0 radical (unpaired) electrons. The molecule has 1 spiro atoms. The highest BCUT2D eigenvalue weighted by Crippen LogP contribution is 2.55. The maximum atomic E-state index is 13.8. The Labute approximate surface area is 169 Å². The maximum Gasteiger partial charge on any atom is 0.251 e. The van der Waals surface area contributed by atoms with E-state index in [1.807, 2.05) is 6.20 Å². The zero-order valence-corrected chi connectivity index (χ0v) is 16.3. The highest BCUT2D eigenvalue weighted by Gasteiger charge is 2.46. The van der Waals surface area contributed by atoms with E-state index in [1.165, 1.54) is 24.5 Å². The van der Waals surface area contributed by atoms with Gasteiger partial charge >= 0.3 is 0 Å². The lowest BCUT2D eigenvalue weighted by molar-refractivity contribution is 0.0311. The maximum absolute atomic E-state index is 13.8. The quantitative estimate of drug-likeness (QED) is 0.685. The first-order valence-corrected chi connectivity index (χ1v) is 10.4. The smallest absolute Gasteiger partial charge is 0.251 e. The number of amides is 1. The Hall–Kier alpha value is -2.82. The van der Waals surface area contributed by atoms with Crippen LogP contribution in [0, 0.1) is 11.2 Å². The summed E-state index contributed by atoms with van der Waals surface area (Å²) in [5.41, 5.74) is 3.13. The molecule has 0 atom stereocenters. The molecule has 2 heterocycles. The number of rotatable bonds is 3. The summed E-state index contributed by atoms with van der Waals surface area (Å²) in [5, 5.41) is 4.11. The van der Waals surface area contributed by atoms with E-state index in [-0.39, 0.29) is 17.8 Å². The van der Waals surface area contributed by atoms with Crippen LogP contribution in [0.4, 0.5) is 4.39 Å². The molecule has 4 nitrogen and oxygen atoms in total. The Morgan fingerprint density at radius 1 is 1.03 bits per heavy atom. The molecule has 0 unspecified atom stereocenters. The molecule has 2 aliphatic carbocycles. The van der Waals surface area contributed by atoms with Gasteiger partial charge in [0, 0.05) is 35.6 Å². The van der Waals surface area contributed by atoms with Gasteiger partial charge in [0.2, 0.25) is 0 Å². The second kappa shape index (κ2) is 7.21. The van der Waals surface area contributed by atoms with E-state index >= 15 is 0 Å². The molecule has 2 aliphatic rings. The van der Waals surface area contributed by atoms with Crippen LogP contribution in [0.3, 0.4) is 0 Å². The Morgan fingerprint density at radius 2 is 1.79 bits per heavy atom. The lowest BCUT2D eigenvalue weighted by atomic mass is 9.56. The van der Waals surface area contributed by atoms with Crippen LogP contribution in [-0.4, -0.2) is 21.9 Å². The van der Waals surface area contributed by atoms with Crippen LogP contribution < -0.4 is 5.32 Å². The number of hydrogen-bond acceptors (Lipinski definition) is 3. The molecule has 2 fully saturated rings. The van der Waals surface area contributed by atoms with E-state index in [0.717, 1.165) is 36.6 Å². The number of hydrogen-bond donors (Lipinski definition) is 1. The van der Waals surface area contributed by atoms with Crippen molar-refractivity contribution in [3.8, 4) is 0 Å². The average Bonchev–Trinajstić information content (AvgIpc) is 2.73. The van der Waals surface area contributed by atoms with Crippen molar-refractivity contribution >= 4 is 16.8 Å². The van der Waals surface area contributed by atoms with Gasteiger partial charge in [-0.1, -0.05) is 0 Å². The van der Waals surface area contributed by atoms with Gasteiger partial charge in [0.15, 0.2) is 0 Å². The molecule has 5 heteroatoms.